The van der Waals surface area contributed by atoms with Gasteiger partial charge in [0.15, 0.2) is 23.1 Å². The van der Waals surface area contributed by atoms with Crippen LogP contribution in [0.1, 0.15) is 12.5 Å². The second-order valence-corrected chi connectivity index (χ2v) is 4.57. The molecule has 6 heteroatoms. The first kappa shape index (κ1) is 15.8. The summed E-state index contributed by atoms with van der Waals surface area (Å²) in [5.41, 5.74) is 1.84. The summed E-state index contributed by atoms with van der Waals surface area (Å²) in [5.74, 6) is -1.12. The van der Waals surface area contributed by atoms with Gasteiger partial charge in [0.1, 0.15) is 0 Å². The van der Waals surface area contributed by atoms with E-state index >= 15 is 0 Å². The fraction of sp³-hybridized carbons (Fsp3) is 0.188. The van der Waals surface area contributed by atoms with Crippen LogP contribution in [0.5, 0.6) is 11.5 Å². The van der Waals surface area contributed by atoms with Crippen molar-refractivity contribution in [3.63, 3.8) is 0 Å². The molecule has 0 unspecified atom stereocenters. The van der Waals surface area contributed by atoms with Gasteiger partial charge in [-0.25, -0.2) is 8.78 Å². The van der Waals surface area contributed by atoms with Crippen LogP contribution in [0.15, 0.2) is 35.5 Å². The van der Waals surface area contributed by atoms with Crippen LogP contribution in [0, 0.1) is 11.6 Å². The van der Waals surface area contributed by atoms with Crippen LogP contribution >= 0.6 is 0 Å². The highest BCUT2D eigenvalue weighted by Crippen LogP contribution is 2.39. The highest BCUT2D eigenvalue weighted by molar-refractivity contribution is 6.00. The Balaban J connectivity index is 2.73. The lowest BCUT2D eigenvalue weighted by molar-refractivity contribution is 0.319. The minimum atomic E-state index is -0.962. The second-order valence-electron chi connectivity index (χ2n) is 4.57. The highest BCUT2D eigenvalue weighted by atomic mass is 19.2. The summed E-state index contributed by atoms with van der Waals surface area (Å²) < 4.78 is 37.2. The molecule has 0 fully saturated rings. The van der Waals surface area contributed by atoms with E-state index in [-0.39, 0.29) is 0 Å². The van der Waals surface area contributed by atoms with Crippen molar-refractivity contribution in [3.05, 3.63) is 47.5 Å². The summed E-state index contributed by atoms with van der Waals surface area (Å²) in [6.45, 7) is 1.61. The van der Waals surface area contributed by atoms with E-state index in [0.29, 0.717) is 33.9 Å². The van der Waals surface area contributed by atoms with Crippen LogP contribution < -0.4 is 9.47 Å². The minimum absolute atomic E-state index is 0.352. The van der Waals surface area contributed by atoms with E-state index in [2.05, 4.69) is 5.16 Å². The number of benzene rings is 2. The molecule has 0 atom stereocenters. The van der Waals surface area contributed by atoms with Crippen LogP contribution in [0.4, 0.5) is 8.78 Å². The molecule has 0 saturated heterocycles. The molecule has 0 saturated carbocycles. The van der Waals surface area contributed by atoms with Crippen molar-refractivity contribution in [1.29, 1.82) is 0 Å². The first-order valence-corrected chi connectivity index (χ1v) is 6.42. The zero-order valence-electron chi connectivity index (χ0n) is 12.4. The molecule has 2 aromatic carbocycles. The molecule has 4 nitrogen and oxygen atoms in total. The van der Waals surface area contributed by atoms with Gasteiger partial charge in [0.05, 0.1) is 19.9 Å². The molecular formula is C16H15F2NO3. The predicted molar refractivity (Wildman–Crippen MR) is 78.9 cm³/mol. The molecule has 22 heavy (non-hydrogen) atoms. The molecule has 0 aliphatic rings. The number of methoxy groups -OCH3 is 2. The third-order valence-corrected chi connectivity index (χ3v) is 3.28. The molecule has 116 valence electrons. The number of hydrogen-bond donors (Lipinski definition) is 1. The molecule has 0 amide bonds. The summed E-state index contributed by atoms with van der Waals surface area (Å²) in [6.07, 6.45) is 0. The fourth-order valence-electron chi connectivity index (χ4n) is 2.11. The average Bonchev–Trinajstić information content (AvgIpc) is 2.55. The zero-order chi connectivity index (χ0) is 16.3. The van der Waals surface area contributed by atoms with E-state index in [1.165, 1.54) is 20.3 Å². The molecule has 0 radical (unpaired) electrons. The molecule has 0 aliphatic heterocycles. The van der Waals surface area contributed by atoms with Gasteiger partial charge < -0.3 is 14.7 Å². The van der Waals surface area contributed by atoms with Gasteiger partial charge >= 0.3 is 0 Å². The van der Waals surface area contributed by atoms with Crippen LogP contribution in [0.2, 0.25) is 0 Å². The number of ether oxygens (including phenoxy) is 2. The summed E-state index contributed by atoms with van der Waals surface area (Å²) in [5, 5.41) is 12.1. The third-order valence-electron chi connectivity index (χ3n) is 3.28. The van der Waals surface area contributed by atoms with Gasteiger partial charge in [0, 0.05) is 11.1 Å². The number of halogens is 2. The van der Waals surface area contributed by atoms with E-state index in [0.717, 1.165) is 12.1 Å². The standard InChI is InChI=1S/C16H15F2NO3/c1-9(19-20)11-6-12(16(22-3)15(8-11)21-2)10-4-5-13(17)14(18)7-10/h4-8,20H,1-3H3/b19-9+. The predicted octanol–water partition coefficient (Wildman–Crippen LogP) is 3.85. The van der Waals surface area contributed by atoms with Gasteiger partial charge in [0.2, 0.25) is 0 Å². The van der Waals surface area contributed by atoms with Gasteiger partial charge in [-0.1, -0.05) is 11.2 Å². The van der Waals surface area contributed by atoms with Crippen molar-refractivity contribution in [2.45, 2.75) is 6.92 Å². The third kappa shape index (κ3) is 2.86. The first-order valence-electron chi connectivity index (χ1n) is 6.42. The van der Waals surface area contributed by atoms with Gasteiger partial charge in [-0.05, 0) is 36.8 Å². The van der Waals surface area contributed by atoms with Gasteiger partial charge in [0.25, 0.3) is 0 Å². The summed E-state index contributed by atoms with van der Waals surface area (Å²) >= 11 is 0. The summed E-state index contributed by atoms with van der Waals surface area (Å²) in [4.78, 5) is 0. The van der Waals surface area contributed by atoms with Gasteiger partial charge in [-0.2, -0.15) is 0 Å². The maximum absolute atomic E-state index is 13.5. The molecular weight excluding hydrogens is 292 g/mol. The second kappa shape index (κ2) is 6.43. The molecule has 0 aromatic heterocycles. The number of rotatable bonds is 4. The Hall–Kier alpha value is -2.63. The molecule has 1 N–H and O–H groups in total. The average molecular weight is 307 g/mol. The first-order chi connectivity index (χ1) is 10.5. The maximum atomic E-state index is 13.5. The van der Waals surface area contributed by atoms with E-state index in [1.807, 2.05) is 0 Å². The quantitative estimate of drug-likeness (QED) is 0.530. The lowest BCUT2D eigenvalue weighted by Crippen LogP contribution is -2.00. The monoisotopic (exact) mass is 307 g/mol. The van der Waals surface area contributed by atoms with Crippen molar-refractivity contribution in [2.24, 2.45) is 5.16 Å². The number of hydrogen-bond acceptors (Lipinski definition) is 4. The maximum Gasteiger partial charge on any atom is 0.168 e. The Kier molecular flexibility index (Phi) is 4.60. The molecule has 0 bridgehead atoms. The number of nitrogens with zero attached hydrogens (tertiary/aromatic N) is 1. The van der Waals surface area contributed by atoms with E-state index in [4.69, 9.17) is 14.7 Å². The smallest absolute Gasteiger partial charge is 0.168 e. The Morgan fingerprint density at radius 2 is 1.77 bits per heavy atom. The van der Waals surface area contributed by atoms with Crippen molar-refractivity contribution in [1.82, 2.24) is 0 Å². The lowest BCUT2D eigenvalue weighted by atomic mass is 9.99. The van der Waals surface area contributed by atoms with Crippen molar-refractivity contribution in [3.8, 4) is 22.6 Å². The molecule has 0 aliphatic carbocycles. The van der Waals surface area contributed by atoms with Gasteiger partial charge in [-0.3, -0.25) is 0 Å². The topological polar surface area (TPSA) is 51.0 Å². The van der Waals surface area contributed by atoms with Gasteiger partial charge in [-0.15, -0.1) is 0 Å². The Morgan fingerprint density at radius 1 is 1.05 bits per heavy atom. The lowest BCUT2D eigenvalue weighted by Gasteiger charge is -2.15. The summed E-state index contributed by atoms with van der Waals surface area (Å²) in [7, 11) is 2.91. The Labute approximate surface area is 126 Å². The highest BCUT2D eigenvalue weighted by Gasteiger charge is 2.16. The Bertz CT molecular complexity index is 730. The van der Waals surface area contributed by atoms with Crippen molar-refractivity contribution >= 4 is 5.71 Å². The van der Waals surface area contributed by atoms with E-state index in [9.17, 15) is 8.78 Å². The van der Waals surface area contributed by atoms with Crippen LogP contribution in [0.25, 0.3) is 11.1 Å². The fourth-order valence-corrected chi connectivity index (χ4v) is 2.11. The van der Waals surface area contributed by atoms with Crippen molar-refractivity contribution < 1.29 is 23.5 Å². The van der Waals surface area contributed by atoms with Crippen molar-refractivity contribution in [2.75, 3.05) is 14.2 Å². The zero-order valence-corrected chi connectivity index (χ0v) is 12.4. The Morgan fingerprint density at radius 3 is 2.32 bits per heavy atom. The van der Waals surface area contributed by atoms with E-state index in [1.54, 1.807) is 19.1 Å². The largest absolute Gasteiger partial charge is 0.493 e. The van der Waals surface area contributed by atoms with E-state index < -0.39 is 11.6 Å². The number of oxime groups is 1. The molecule has 2 aromatic rings. The van der Waals surface area contributed by atoms with Crippen LogP contribution in [0.3, 0.4) is 0 Å². The SMILES string of the molecule is COc1cc(/C(C)=N/O)cc(-c2ccc(F)c(F)c2)c1OC. The summed E-state index contributed by atoms with van der Waals surface area (Å²) in [6, 6.07) is 6.84. The molecule has 0 spiro atoms. The van der Waals surface area contributed by atoms with Crippen LogP contribution in [-0.4, -0.2) is 25.1 Å². The van der Waals surface area contributed by atoms with Crippen LogP contribution in [-0.2, 0) is 0 Å². The minimum Gasteiger partial charge on any atom is -0.493 e. The molecule has 2 rings (SSSR count). The molecule has 0 heterocycles. The normalized spacial score (nSPS) is 11.4.